The van der Waals surface area contributed by atoms with Crippen LogP contribution >= 0.6 is 0 Å². The fraction of sp³-hybridized carbons (Fsp3) is 0.320. The van der Waals surface area contributed by atoms with Gasteiger partial charge in [0.25, 0.3) is 11.5 Å². The number of benzene rings is 2. The average molecular weight is 446 g/mol. The molecule has 0 aliphatic carbocycles. The molecule has 4 aromatic rings. The lowest BCUT2D eigenvalue weighted by molar-refractivity contribution is 0.0740. The van der Waals surface area contributed by atoms with Crippen molar-refractivity contribution in [1.82, 2.24) is 19.1 Å². The van der Waals surface area contributed by atoms with Gasteiger partial charge in [0.2, 0.25) is 0 Å². The maximum Gasteiger partial charge on any atom is 0.277 e. The number of carbonyl (C=O) groups is 1. The van der Waals surface area contributed by atoms with Gasteiger partial charge < -0.3 is 19.1 Å². The predicted molar refractivity (Wildman–Crippen MR) is 128 cm³/mol. The highest BCUT2D eigenvalue weighted by Gasteiger charge is 2.25. The summed E-state index contributed by atoms with van der Waals surface area (Å²) < 4.78 is 8.62. The fourth-order valence-electron chi connectivity index (χ4n) is 4.51. The topological polar surface area (TPSA) is 72.1 Å². The van der Waals surface area contributed by atoms with Crippen LogP contribution in [0.1, 0.15) is 23.8 Å². The standard InChI is InChI=1S/C25H27N5O3/c1-3-12-29-21-6-4-5-7-22(21)30-23(25(29)32)17-20(26-30)24(31)28-15-13-27(14-16-28)18-8-10-19(33-2)11-9-18/h4-11,17H,3,12-16H2,1-2H3. The molecule has 170 valence electrons. The van der Waals surface area contributed by atoms with Crippen LogP contribution in [0.4, 0.5) is 5.69 Å². The molecule has 2 aromatic heterocycles. The van der Waals surface area contributed by atoms with Crippen molar-refractivity contribution >= 4 is 28.1 Å². The van der Waals surface area contributed by atoms with Crippen LogP contribution < -0.4 is 15.2 Å². The third-order valence-corrected chi connectivity index (χ3v) is 6.25. The first-order valence-corrected chi connectivity index (χ1v) is 11.3. The quantitative estimate of drug-likeness (QED) is 0.472. The molecular weight excluding hydrogens is 418 g/mol. The minimum atomic E-state index is -0.140. The molecule has 8 nitrogen and oxygen atoms in total. The molecule has 1 aliphatic heterocycles. The van der Waals surface area contributed by atoms with E-state index in [0.717, 1.165) is 42.0 Å². The summed E-state index contributed by atoms with van der Waals surface area (Å²) in [5.74, 6) is 0.684. The van der Waals surface area contributed by atoms with Gasteiger partial charge >= 0.3 is 0 Å². The molecule has 33 heavy (non-hydrogen) atoms. The highest BCUT2D eigenvalue weighted by molar-refractivity contribution is 5.94. The number of piperazine rings is 1. The lowest BCUT2D eigenvalue weighted by Gasteiger charge is -2.35. The second kappa shape index (κ2) is 8.61. The fourth-order valence-corrected chi connectivity index (χ4v) is 4.51. The minimum Gasteiger partial charge on any atom is -0.497 e. The van der Waals surface area contributed by atoms with E-state index in [1.165, 1.54) is 0 Å². The van der Waals surface area contributed by atoms with E-state index in [1.807, 2.05) is 60.4 Å². The number of hydrogen-bond acceptors (Lipinski definition) is 5. The monoisotopic (exact) mass is 445 g/mol. The molecule has 0 bridgehead atoms. The zero-order valence-corrected chi connectivity index (χ0v) is 18.9. The highest BCUT2D eigenvalue weighted by atomic mass is 16.5. The smallest absolute Gasteiger partial charge is 0.277 e. The lowest BCUT2D eigenvalue weighted by Crippen LogP contribution is -2.48. The number of ether oxygens (including phenoxy) is 1. The van der Waals surface area contributed by atoms with Crippen LogP contribution in [-0.2, 0) is 6.54 Å². The summed E-state index contributed by atoms with van der Waals surface area (Å²) >= 11 is 0. The van der Waals surface area contributed by atoms with Crippen molar-refractivity contribution in [3.05, 3.63) is 70.6 Å². The minimum absolute atomic E-state index is 0.119. The summed E-state index contributed by atoms with van der Waals surface area (Å²) in [6.45, 7) is 5.33. The van der Waals surface area contributed by atoms with Gasteiger partial charge in [-0.15, -0.1) is 0 Å². The van der Waals surface area contributed by atoms with E-state index in [4.69, 9.17) is 4.74 Å². The number of amides is 1. The van der Waals surface area contributed by atoms with Crippen molar-refractivity contribution in [2.24, 2.45) is 0 Å². The van der Waals surface area contributed by atoms with E-state index >= 15 is 0 Å². The zero-order valence-electron chi connectivity index (χ0n) is 18.9. The van der Waals surface area contributed by atoms with Gasteiger partial charge in [0.05, 0.1) is 18.1 Å². The number of carbonyl (C=O) groups excluding carboxylic acids is 1. The van der Waals surface area contributed by atoms with Gasteiger partial charge in [0.1, 0.15) is 11.3 Å². The summed E-state index contributed by atoms with van der Waals surface area (Å²) in [4.78, 5) is 30.5. The van der Waals surface area contributed by atoms with Gasteiger partial charge in [0.15, 0.2) is 5.69 Å². The number of anilines is 1. The van der Waals surface area contributed by atoms with E-state index in [0.29, 0.717) is 30.8 Å². The molecule has 8 heteroatoms. The molecule has 0 radical (unpaired) electrons. The Labute approximate surface area is 191 Å². The number of aryl methyl sites for hydroxylation is 1. The van der Waals surface area contributed by atoms with E-state index < -0.39 is 0 Å². The maximum absolute atomic E-state index is 13.3. The molecule has 1 saturated heterocycles. The van der Waals surface area contributed by atoms with Crippen molar-refractivity contribution in [2.75, 3.05) is 38.2 Å². The van der Waals surface area contributed by atoms with Crippen LogP contribution in [0, 0.1) is 0 Å². The number of fused-ring (bicyclic) bond motifs is 3. The van der Waals surface area contributed by atoms with Crippen molar-refractivity contribution in [1.29, 1.82) is 0 Å². The second-order valence-electron chi connectivity index (χ2n) is 8.25. The third-order valence-electron chi connectivity index (χ3n) is 6.25. The lowest BCUT2D eigenvalue weighted by atomic mass is 10.2. The number of hydrogen-bond donors (Lipinski definition) is 0. The Morgan fingerprint density at radius 2 is 1.67 bits per heavy atom. The van der Waals surface area contributed by atoms with E-state index in [1.54, 1.807) is 22.3 Å². The molecule has 1 amide bonds. The van der Waals surface area contributed by atoms with Crippen molar-refractivity contribution < 1.29 is 9.53 Å². The van der Waals surface area contributed by atoms with E-state index in [2.05, 4.69) is 10.00 Å². The maximum atomic E-state index is 13.3. The van der Waals surface area contributed by atoms with Gasteiger partial charge in [-0.25, -0.2) is 4.52 Å². The van der Waals surface area contributed by atoms with Crippen LogP contribution in [0.2, 0.25) is 0 Å². The SMILES string of the molecule is CCCn1c(=O)c2cc(C(=O)N3CCN(c4ccc(OC)cc4)CC3)nn2c2ccccc21. The number of aromatic nitrogens is 3. The molecule has 3 heterocycles. The molecule has 1 aliphatic rings. The Bertz CT molecular complexity index is 1360. The predicted octanol–water partition coefficient (Wildman–Crippen LogP) is 3.03. The molecule has 0 N–H and O–H groups in total. The summed E-state index contributed by atoms with van der Waals surface area (Å²) in [6.07, 6.45) is 0.846. The number of para-hydroxylation sites is 2. The number of methoxy groups -OCH3 is 1. The summed E-state index contributed by atoms with van der Waals surface area (Å²) in [5.41, 5.74) is 3.38. The Morgan fingerprint density at radius 3 is 2.33 bits per heavy atom. The van der Waals surface area contributed by atoms with Gasteiger partial charge in [-0.2, -0.15) is 5.10 Å². The van der Waals surface area contributed by atoms with Crippen LogP contribution in [0.25, 0.3) is 16.6 Å². The van der Waals surface area contributed by atoms with Crippen molar-refractivity contribution in [2.45, 2.75) is 19.9 Å². The molecule has 0 spiro atoms. The molecule has 2 aromatic carbocycles. The molecular formula is C25H27N5O3. The first kappa shape index (κ1) is 21.1. The second-order valence-corrected chi connectivity index (χ2v) is 8.25. The van der Waals surface area contributed by atoms with Crippen LogP contribution in [0.5, 0.6) is 5.75 Å². The summed E-state index contributed by atoms with van der Waals surface area (Å²) in [7, 11) is 1.65. The number of rotatable bonds is 5. The summed E-state index contributed by atoms with van der Waals surface area (Å²) in [5, 5.41) is 4.56. The Hall–Kier alpha value is -3.81. The van der Waals surface area contributed by atoms with E-state index in [9.17, 15) is 9.59 Å². The van der Waals surface area contributed by atoms with Gasteiger partial charge in [-0.05, 0) is 42.8 Å². The third kappa shape index (κ3) is 3.71. The van der Waals surface area contributed by atoms with Crippen molar-refractivity contribution in [3.63, 3.8) is 0 Å². The average Bonchev–Trinajstić information content (AvgIpc) is 3.32. The molecule has 1 fully saturated rings. The Balaban J connectivity index is 1.40. The highest BCUT2D eigenvalue weighted by Crippen LogP contribution is 2.21. The van der Waals surface area contributed by atoms with Crippen molar-refractivity contribution in [3.8, 4) is 5.75 Å². The Kier molecular flexibility index (Phi) is 5.50. The Morgan fingerprint density at radius 1 is 0.970 bits per heavy atom. The van der Waals surface area contributed by atoms with Crippen LogP contribution in [-0.4, -0.2) is 58.3 Å². The first-order valence-electron chi connectivity index (χ1n) is 11.3. The molecule has 0 unspecified atom stereocenters. The summed E-state index contributed by atoms with van der Waals surface area (Å²) in [6, 6.07) is 17.3. The van der Waals surface area contributed by atoms with Crippen LogP contribution in [0.3, 0.4) is 0 Å². The normalized spacial score (nSPS) is 14.2. The first-order chi connectivity index (χ1) is 16.1. The van der Waals surface area contributed by atoms with Crippen LogP contribution in [0.15, 0.2) is 59.4 Å². The van der Waals surface area contributed by atoms with Gasteiger partial charge in [0, 0.05) is 44.5 Å². The molecule has 5 rings (SSSR count). The number of nitrogens with zero attached hydrogens (tertiary/aromatic N) is 5. The van der Waals surface area contributed by atoms with Gasteiger partial charge in [-0.3, -0.25) is 9.59 Å². The molecule has 0 saturated carbocycles. The zero-order chi connectivity index (χ0) is 22.9. The van der Waals surface area contributed by atoms with E-state index in [-0.39, 0.29) is 11.5 Å². The largest absolute Gasteiger partial charge is 0.497 e. The van der Waals surface area contributed by atoms with Gasteiger partial charge in [-0.1, -0.05) is 19.1 Å². The molecule has 0 atom stereocenters.